The first kappa shape index (κ1) is 22.2. The van der Waals surface area contributed by atoms with Crippen molar-refractivity contribution < 1.29 is 19.1 Å². The van der Waals surface area contributed by atoms with Gasteiger partial charge in [-0.15, -0.1) is 0 Å². The van der Waals surface area contributed by atoms with Crippen LogP contribution in [0.15, 0.2) is 47.4 Å². The van der Waals surface area contributed by atoms with Gasteiger partial charge in [-0.1, -0.05) is 43.1 Å². The van der Waals surface area contributed by atoms with Crippen molar-refractivity contribution in [2.75, 3.05) is 13.2 Å². The molecule has 1 fully saturated rings. The van der Waals surface area contributed by atoms with E-state index in [4.69, 9.17) is 21.1 Å². The smallest absolute Gasteiger partial charge is 0.293 e. The maximum atomic E-state index is 12.8. The fourth-order valence-electron chi connectivity index (χ4n) is 2.89. The van der Waals surface area contributed by atoms with E-state index in [1.165, 1.54) is 4.90 Å². The standard InChI is InChI=1S/C23H24ClNO4S/c1-3-5-12-29-19-11-8-17(13-20(19)28-4-2)14-21-22(26)25(23(27)30-21)15-16-6-9-18(24)10-7-16/h6-11,13-14H,3-5,12,15H2,1-2H3/b21-14-. The molecule has 30 heavy (non-hydrogen) atoms. The molecule has 1 aliphatic rings. The molecular weight excluding hydrogens is 422 g/mol. The molecule has 5 nitrogen and oxygen atoms in total. The van der Waals surface area contributed by atoms with Crippen LogP contribution in [0.5, 0.6) is 11.5 Å². The summed E-state index contributed by atoms with van der Waals surface area (Å²) in [6, 6.07) is 12.6. The molecule has 0 radical (unpaired) electrons. The van der Waals surface area contributed by atoms with Crippen molar-refractivity contribution in [1.29, 1.82) is 0 Å². The zero-order valence-electron chi connectivity index (χ0n) is 17.0. The Kier molecular flexibility index (Phi) is 7.82. The second-order valence-corrected chi connectivity index (χ2v) is 8.17. The minimum atomic E-state index is -0.304. The molecule has 0 spiro atoms. The van der Waals surface area contributed by atoms with Gasteiger partial charge in [0.2, 0.25) is 0 Å². The van der Waals surface area contributed by atoms with E-state index in [0.717, 1.165) is 35.7 Å². The van der Waals surface area contributed by atoms with Crippen LogP contribution in [-0.2, 0) is 11.3 Å². The van der Waals surface area contributed by atoms with Crippen molar-refractivity contribution in [3.63, 3.8) is 0 Å². The molecule has 3 rings (SSSR count). The van der Waals surface area contributed by atoms with E-state index in [9.17, 15) is 9.59 Å². The van der Waals surface area contributed by atoms with E-state index in [1.54, 1.807) is 30.3 Å². The zero-order chi connectivity index (χ0) is 21.5. The van der Waals surface area contributed by atoms with E-state index in [2.05, 4.69) is 6.92 Å². The fraction of sp³-hybridized carbons (Fsp3) is 0.304. The van der Waals surface area contributed by atoms with E-state index >= 15 is 0 Å². The molecule has 2 aromatic rings. The molecule has 0 saturated carbocycles. The Morgan fingerprint density at radius 1 is 1.03 bits per heavy atom. The van der Waals surface area contributed by atoms with Crippen LogP contribution < -0.4 is 9.47 Å². The van der Waals surface area contributed by atoms with E-state index < -0.39 is 0 Å². The number of carbonyl (C=O) groups excluding carboxylic acids is 2. The van der Waals surface area contributed by atoms with Gasteiger partial charge in [0.05, 0.1) is 24.7 Å². The molecule has 0 bridgehead atoms. The van der Waals surface area contributed by atoms with Gasteiger partial charge in [-0.25, -0.2) is 0 Å². The van der Waals surface area contributed by atoms with E-state index in [0.29, 0.717) is 34.6 Å². The summed E-state index contributed by atoms with van der Waals surface area (Å²) in [7, 11) is 0. The highest BCUT2D eigenvalue weighted by Crippen LogP contribution is 2.35. The molecular formula is C23H24ClNO4S. The molecule has 158 valence electrons. The van der Waals surface area contributed by atoms with Crippen LogP contribution in [-0.4, -0.2) is 29.3 Å². The van der Waals surface area contributed by atoms with E-state index in [-0.39, 0.29) is 17.7 Å². The number of halogens is 1. The minimum Gasteiger partial charge on any atom is -0.490 e. The van der Waals surface area contributed by atoms with Crippen molar-refractivity contribution in [1.82, 2.24) is 4.90 Å². The number of amides is 2. The Labute approximate surface area is 186 Å². The Balaban J connectivity index is 1.77. The van der Waals surface area contributed by atoms with Gasteiger partial charge in [0.25, 0.3) is 11.1 Å². The summed E-state index contributed by atoms with van der Waals surface area (Å²) in [6.07, 6.45) is 3.73. The van der Waals surface area contributed by atoms with Crippen molar-refractivity contribution in [3.05, 3.63) is 63.5 Å². The second kappa shape index (κ2) is 10.5. The first-order valence-corrected chi connectivity index (χ1v) is 11.1. The number of ether oxygens (including phenoxy) is 2. The third-order valence-corrected chi connectivity index (χ3v) is 5.61. The fourth-order valence-corrected chi connectivity index (χ4v) is 3.85. The lowest BCUT2D eigenvalue weighted by Crippen LogP contribution is -2.27. The van der Waals surface area contributed by atoms with Crippen LogP contribution in [0, 0.1) is 0 Å². The number of unbranched alkanes of at least 4 members (excludes halogenated alkanes) is 1. The summed E-state index contributed by atoms with van der Waals surface area (Å²) < 4.78 is 11.5. The molecule has 2 aromatic carbocycles. The lowest BCUT2D eigenvalue weighted by molar-refractivity contribution is -0.123. The second-order valence-electron chi connectivity index (χ2n) is 6.74. The quantitative estimate of drug-likeness (QED) is 0.342. The van der Waals surface area contributed by atoms with Gasteiger partial charge in [0.15, 0.2) is 11.5 Å². The van der Waals surface area contributed by atoms with Crippen LogP contribution in [0.4, 0.5) is 4.79 Å². The summed E-state index contributed by atoms with van der Waals surface area (Å²) >= 11 is 6.84. The number of hydrogen-bond donors (Lipinski definition) is 0. The van der Waals surface area contributed by atoms with Gasteiger partial charge in [0.1, 0.15) is 0 Å². The van der Waals surface area contributed by atoms with Gasteiger partial charge in [-0.3, -0.25) is 14.5 Å². The van der Waals surface area contributed by atoms with Crippen molar-refractivity contribution in [2.24, 2.45) is 0 Å². The highest BCUT2D eigenvalue weighted by molar-refractivity contribution is 8.18. The van der Waals surface area contributed by atoms with Crippen LogP contribution >= 0.6 is 23.4 Å². The summed E-state index contributed by atoms with van der Waals surface area (Å²) in [4.78, 5) is 26.8. The first-order valence-electron chi connectivity index (χ1n) is 9.91. The number of rotatable bonds is 9. The molecule has 1 heterocycles. The Morgan fingerprint density at radius 2 is 1.80 bits per heavy atom. The lowest BCUT2D eigenvalue weighted by atomic mass is 10.1. The molecule has 0 atom stereocenters. The largest absolute Gasteiger partial charge is 0.490 e. The number of nitrogens with zero attached hydrogens (tertiary/aromatic N) is 1. The normalized spacial score (nSPS) is 15.2. The summed E-state index contributed by atoms with van der Waals surface area (Å²) in [5.74, 6) is 1.00. The Bertz CT molecular complexity index is 943. The lowest BCUT2D eigenvalue weighted by Gasteiger charge is -2.13. The SMILES string of the molecule is CCCCOc1ccc(/C=C2\SC(=O)N(Cc3ccc(Cl)cc3)C2=O)cc1OCC. The highest BCUT2D eigenvalue weighted by atomic mass is 35.5. The first-order chi connectivity index (χ1) is 14.5. The predicted octanol–water partition coefficient (Wildman–Crippen LogP) is 6.15. The van der Waals surface area contributed by atoms with Gasteiger partial charge < -0.3 is 9.47 Å². The minimum absolute atomic E-state index is 0.216. The molecule has 0 unspecified atom stereocenters. The van der Waals surface area contributed by atoms with Gasteiger partial charge in [0, 0.05) is 5.02 Å². The average Bonchev–Trinajstić information content (AvgIpc) is 2.99. The molecule has 2 amide bonds. The molecule has 0 N–H and O–H groups in total. The van der Waals surface area contributed by atoms with Gasteiger partial charge >= 0.3 is 0 Å². The summed E-state index contributed by atoms with van der Waals surface area (Å²) in [5, 5.41) is 0.325. The van der Waals surface area contributed by atoms with E-state index in [1.807, 2.05) is 25.1 Å². The van der Waals surface area contributed by atoms with Crippen molar-refractivity contribution >= 4 is 40.6 Å². The number of hydrogen-bond acceptors (Lipinski definition) is 5. The molecule has 0 aliphatic carbocycles. The molecule has 0 aromatic heterocycles. The summed E-state index contributed by atoms with van der Waals surface area (Å²) in [5.41, 5.74) is 1.62. The number of imide groups is 1. The number of carbonyl (C=O) groups is 2. The zero-order valence-corrected chi connectivity index (χ0v) is 18.6. The molecule has 7 heteroatoms. The van der Waals surface area contributed by atoms with Crippen LogP contribution in [0.2, 0.25) is 5.02 Å². The maximum Gasteiger partial charge on any atom is 0.293 e. The third-order valence-electron chi connectivity index (χ3n) is 4.45. The van der Waals surface area contributed by atoms with Gasteiger partial charge in [-0.05, 0) is 66.6 Å². The third kappa shape index (κ3) is 5.58. The van der Waals surface area contributed by atoms with Crippen LogP contribution in [0.1, 0.15) is 37.8 Å². The maximum absolute atomic E-state index is 12.8. The molecule has 1 aliphatic heterocycles. The average molecular weight is 446 g/mol. The Morgan fingerprint density at radius 3 is 2.50 bits per heavy atom. The topological polar surface area (TPSA) is 55.8 Å². The van der Waals surface area contributed by atoms with Gasteiger partial charge in [-0.2, -0.15) is 0 Å². The summed E-state index contributed by atoms with van der Waals surface area (Å²) in [6.45, 7) is 5.36. The number of benzene rings is 2. The van der Waals surface area contributed by atoms with Crippen molar-refractivity contribution in [2.45, 2.75) is 33.2 Å². The highest BCUT2D eigenvalue weighted by Gasteiger charge is 2.35. The van der Waals surface area contributed by atoms with Crippen LogP contribution in [0.25, 0.3) is 6.08 Å². The monoisotopic (exact) mass is 445 g/mol. The van der Waals surface area contributed by atoms with Crippen molar-refractivity contribution in [3.8, 4) is 11.5 Å². The molecule has 1 saturated heterocycles. The van der Waals surface area contributed by atoms with Crippen LogP contribution in [0.3, 0.4) is 0 Å². The Hall–Kier alpha value is -2.44. The number of thioether (sulfide) groups is 1. The predicted molar refractivity (Wildman–Crippen MR) is 121 cm³/mol.